The van der Waals surface area contributed by atoms with E-state index in [2.05, 4.69) is 5.32 Å². The number of rotatable bonds is 3. The van der Waals surface area contributed by atoms with E-state index >= 15 is 0 Å². The first-order chi connectivity index (χ1) is 5.61. The van der Waals surface area contributed by atoms with Gasteiger partial charge in [0.1, 0.15) is 6.04 Å². The average Bonchev–Trinajstić information content (AvgIpc) is 2.03. The molecule has 0 aliphatic carbocycles. The van der Waals surface area contributed by atoms with E-state index < -0.39 is 0 Å². The van der Waals surface area contributed by atoms with Gasteiger partial charge in [-0.2, -0.15) is 5.26 Å². The van der Waals surface area contributed by atoms with E-state index in [1.165, 1.54) is 4.90 Å². The molecule has 68 valence electrons. The molecule has 0 saturated carbocycles. The zero-order valence-corrected chi connectivity index (χ0v) is 7.79. The Bertz CT molecular complexity index is 183. The molecule has 0 aromatic rings. The lowest BCUT2D eigenvalue weighted by Crippen LogP contribution is -2.40. The second-order valence-electron chi connectivity index (χ2n) is 2.81. The quantitative estimate of drug-likeness (QED) is 0.683. The van der Waals surface area contributed by atoms with Gasteiger partial charge < -0.3 is 10.2 Å². The Balaban J connectivity index is 3.88. The van der Waals surface area contributed by atoms with Crippen LogP contribution in [0.2, 0.25) is 0 Å². The molecule has 0 fully saturated rings. The molecule has 0 aromatic heterocycles. The smallest absolute Gasteiger partial charge is 0.317 e. The fraction of sp³-hybridized carbons (Fsp3) is 0.750. The Kier molecular flexibility index (Phi) is 4.86. The number of nitriles is 1. The van der Waals surface area contributed by atoms with Gasteiger partial charge in [0.05, 0.1) is 6.07 Å². The summed E-state index contributed by atoms with van der Waals surface area (Å²) in [5.41, 5.74) is 0. The van der Waals surface area contributed by atoms with Crippen LogP contribution in [0.3, 0.4) is 0 Å². The maximum Gasteiger partial charge on any atom is 0.317 e. The molecule has 0 spiro atoms. The minimum Gasteiger partial charge on any atom is -0.331 e. The molecule has 0 radical (unpaired) electrons. The molecule has 1 N–H and O–H groups in total. The summed E-state index contributed by atoms with van der Waals surface area (Å²) < 4.78 is 0. The van der Waals surface area contributed by atoms with E-state index in [1.54, 1.807) is 14.1 Å². The van der Waals surface area contributed by atoms with Gasteiger partial charge in [0.15, 0.2) is 0 Å². The molecule has 0 saturated heterocycles. The Hall–Kier alpha value is -1.24. The number of carbonyl (C=O) groups is 1. The zero-order valence-electron chi connectivity index (χ0n) is 7.79. The van der Waals surface area contributed by atoms with E-state index in [1.807, 2.05) is 13.0 Å². The molecule has 0 aromatic carbocycles. The molecule has 1 atom stereocenters. The van der Waals surface area contributed by atoms with Gasteiger partial charge in [0.2, 0.25) is 0 Å². The largest absolute Gasteiger partial charge is 0.331 e. The van der Waals surface area contributed by atoms with Crippen LogP contribution >= 0.6 is 0 Å². The minimum absolute atomic E-state index is 0.213. The number of urea groups is 1. The van der Waals surface area contributed by atoms with Crippen LogP contribution in [0.4, 0.5) is 4.79 Å². The first kappa shape index (κ1) is 10.8. The summed E-state index contributed by atoms with van der Waals surface area (Å²) in [5.74, 6) is 0. The summed E-state index contributed by atoms with van der Waals surface area (Å²) in [5, 5.41) is 11.2. The molecule has 12 heavy (non-hydrogen) atoms. The Morgan fingerprint density at radius 2 is 2.25 bits per heavy atom. The van der Waals surface area contributed by atoms with Crippen LogP contribution in [0.1, 0.15) is 19.8 Å². The highest BCUT2D eigenvalue weighted by Gasteiger charge is 2.10. The summed E-state index contributed by atoms with van der Waals surface area (Å²) >= 11 is 0. The van der Waals surface area contributed by atoms with E-state index in [4.69, 9.17) is 5.26 Å². The predicted molar refractivity (Wildman–Crippen MR) is 46.5 cm³/mol. The van der Waals surface area contributed by atoms with Crippen LogP contribution in [0.15, 0.2) is 0 Å². The monoisotopic (exact) mass is 169 g/mol. The van der Waals surface area contributed by atoms with Gasteiger partial charge in [-0.1, -0.05) is 13.3 Å². The highest BCUT2D eigenvalue weighted by molar-refractivity contribution is 5.74. The van der Waals surface area contributed by atoms with Crippen molar-refractivity contribution in [3.8, 4) is 6.07 Å². The fourth-order valence-corrected chi connectivity index (χ4v) is 0.736. The number of nitrogens with one attached hydrogen (secondary N) is 1. The third-order valence-corrected chi connectivity index (χ3v) is 1.44. The molecule has 4 nitrogen and oxygen atoms in total. The van der Waals surface area contributed by atoms with Gasteiger partial charge in [0.25, 0.3) is 0 Å². The lowest BCUT2D eigenvalue weighted by atomic mass is 10.2. The molecule has 1 unspecified atom stereocenters. The highest BCUT2D eigenvalue weighted by Crippen LogP contribution is 1.95. The topological polar surface area (TPSA) is 56.1 Å². The van der Waals surface area contributed by atoms with Crippen molar-refractivity contribution in [3.63, 3.8) is 0 Å². The normalized spacial score (nSPS) is 11.5. The number of nitrogens with zero attached hydrogens (tertiary/aromatic N) is 2. The Morgan fingerprint density at radius 1 is 1.67 bits per heavy atom. The van der Waals surface area contributed by atoms with Gasteiger partial charge >= 0.3 is 6.03 Å². The molecular formula is C8H15N3O. The lowest BCUT2D eigenvalue weighted by molar-refractivity contribution is 0.215. The van der Waals surface area contributed by atoms with Crippen LogP contribution in [0.5, 0.6) is 0 Å². The number of carbonyl (C=O) groups excluding carboxylic acids is 1. The van der Waals surface area contributed by atoms with Crippen molar-refractivity contribution in [2.24, 2.45) is 0 Å². The third-order valence-electron chi connectivity index (χ3n) is 1.44. The molecule has 4 heteroatoms. The maximum atomic E-state index is 11.1. The van der Waals surface area contributed by atoms with Crippen molar-refractivity contribution in [1.82, 2.24) is 10.2 Å². The fourth-order valence-electron chi connectivity index (χ4n) is 0.736. The average molecular weight is 169 g/mol. The van der Waals surface area contributed by atoms with E-state index in [0.29, 0.717) is 6.42 Å². The second-order valence-corrected chi connectivity index (χ2v) is 2.81. The summed E-state index contributed by atoms with van der Waals surface area (Å²) in [6.07, 6.45) is 1.60. The molecular weight excluding hydrogens is 154 g/mol. The van der Waals surface area contributed by atoms with E-state index in [0.717, 1.165) is 6.42 Å². The van der Waals surface area contributed by atoms with Gasteiger partial charge in [-0.3, -0.25) is 0 Å². The van der Waals surface area contributed by atoms with Crippen molar-refractivity contribution >= 4 is 6.03 Å². The Morgan fingerprint density at radius 3 is 2.58 bits per heavy atom. The van der Waals surface area contributed by atoms with Crippen molar-refractivity contribution in [3.05, 3.63) is 0 Å². The molecule has 0 heterocycles. The van der Waals surface area contributed by atoms with Crippen LogP contribution in [-0.4, -0.2) is 31.1 Å². The van der Waals surface area contributed by atoms with Gasteiger partial charge in [-0.25, -0.2) is 4.79 Å². The molecule has 0 rings (SSSR count). The summed E-state index contributed by atoms with van der Waals surface area (Å²) in [7, 11) is 3.30. The summed E-state index contributed by atoms with van der Waals surface area (Å²) in [4.78, 5) is 12.5. The zero-order chi connectivity index (χ0) is 9.56. The summed E-state index contributed by atoms with van der Waals surface area (Å²) in [6, 6.07) is 1.46. The lowest BCUT2D eigenvalue weighted by Gasteiger charge is -2.15. The van der Waals surface area contributed by atoms with Crippen LogP contribution < -0.4 is 5.32 Å². The molecule has 0 bridgehead atoms. The van der Waals surface area contributed by atoms with Crippen molar-refractivity contribution in [1.29, 1.82) is 5.26 Å². The van der Waals surface area contributed by atoms with Gasteiger partial charge in [-0.05, 0) is 6.42 Å². The van der Waals surface area contributed by atoms with E-state index in [-0.39, 0.29) is 12.1 Å². The van der Waals surface area contributed by atoms with Crippen molar-refractivity contribution < 1.29 is 4.79 Å². The highest BCUT2D eigenvalue weighted by atomic mass is 16.2. The minimum atomic E-state index is -0.357. The summed E-state index contributed by atoms with van der Waals surface area (Å²) in [6.45, 7) is 1.98. The van der Waals surface area contributed by atoms with Crippen LogP contribution in [0.25, 0.3) is 0 Å². The van der Waals surface area contributed by atoms with Crippen molar-refractivity contribution in [2.75, 3.05) is 14.1 Å². The van der Waals surface area contributed by atoms with Crippen LogP contribution in [-0.2, 0) is 0 Å². The molecule has 0 aliphatic heterocycles. The molecule has 2 amide bonds. The number of hydrogen-bond acceptors (Lipinski definition) is 2. The van der Waals surface area contributed by atoms with Gasteiger partial charge in [0, 0.05) is 14.1 Å². The van der Waals surface area contributed by atoms with E-state index in [9.17, 15) is 4.79 Å². The number of hydrogen-bond donors (Lipinski definition) is 1. The number of amides is 2. The first-order valence-electron chi connectivity index (χ1n) is 3.99. The first-order valence-corrected chi connectivity index (χ1v) is 3.99. The SMILES string of the molecule is CCCC(C#N)NC(=O)N(C)C. The second kappa shape index (κ2) is 5.42. The maximum absolute atomic E-state index is 11.1. The van der Waals surface area contributed by atoms with Crippen molar-refractivity contribution in [2.45, 2.75) is 25.8 Å². The standard InChI is InChI=1S/C8H15N3O/c1-4-5-7(6-9)10-8(12)11(2)3/h7H,4-5H2,1-3H3,(H,10,12). The Labute approximate surface area is 73.2 Å². The third kappa shape index (κ3) is 3.81. The predicted octanol–water partition coefficient (Wildman–Crippen LogP) is 0.950. The van der Waals surface area contributed by atoms with Crippen LogP contribution in [0, 0.1) is 11.3 Å². The molecule has 0 aliphatic rings. The van der Waals surface area contributed by atoms with Gasteiger partial charge in [-0.15, -0.1) is 0 Å².